The van der Waals surface area contributed by atoms with Gasteiger partial charge in [-0.1, -0.05) is 19.0 Å². The molecule has 1 unspecified atom stereocenters. The highest BCUT2D eigenvalue weighted by atomic mass is 32.2. The Kier molecular flexibility index (Phi) is 6.52. The molecular formula is C21H26N4O4S. The predicted octanol–water partition coefficient (Wildman–Crippen LogP) is 3.90. The van der Waals surface area contributed by atoms with Crippen molar-refractivity contribution in [3.63, 3.8) is 0 Å². The number of ether oxygens (including phenoxy) is 1. The van der Waals surface area contributed by atoms with Gasteiger partial charge in [0.15, 0.2) is 0 Å². The van der Waals surface area contributed by atoms with E-state index in [9.17, 15) is 8.42 Å². The van der Waals surface area contributed by atoms with Gasteiger partial charge in [0.1, 0.15) is 11.8 Å². The number of hydrogen-bond acceptors (Lipinski definition) is 7. The number of hydrogen-bond donors (Lipinski definition) is 1. The Bertz CT molecular complexity index is 1100. The van der Waals surface area contributed by atoms with Crippen LogP contribution < -0.4 is 9.46 Å². The summed E-state index contributed by atoms with van der Waals surface area (Å²) in [5.41, 5.74) is 1.43. The molecule has 3 aromatic rings. The van der Waals surface area contributed by atoms with Crippen molar-refractivity contribution >= 4 is 10.0 Å². The first-order valence-electron chi connectivity index (χ1n) is 9.71. The van der Waals surface area contributed by atoms with Crippen LogP contribution in [0.3, 0.4) is 0 Å². The highest BCUT2D eigenvalue weighted by Crippen LogP contribution is 2.27. The number of sulfonamides is 1. The van der Waals surface area contributed by atoms with E-state index in [-0.39, 0.29) is 22.8 Å². The zero-order valence-electron chi connectivity index (χ0n) is 17.7. The van der Waals surface area contributed by atoms with Crippen molar-refractivity contribution < 1.29 is 17.7 Å². The molecule has 160 valence electrons. The molecule has 0 aliphatic carbocycles. The fraction of sp³-hybridized carbons (Fsp3) is 0.381. The standard InChI is InChI=1S/C21H26N4O4S/c1-13(2)19(21-23-20(24-29-21)16-7-6-10-22-12-16)25-30(26,27)17-8-9-18(15(5)11-17)28-14(3)4/h6-14,19,25H,1-5H3. The Labute approximate surface area is 176 Å². The fourth-order valence-electron chi connectivity index (χ4n) is 2.86. The number of nitrogens with one attached hydrogen (secondary N) is 1. The molecule has 1 atom stereocenters. The Morgan fingerprint density at radius 2 is 1.90 bits per heavy atom. The zero-order valence-corrected chi connectivity index (χ0v) is 18.5. The summed E-state index contributed by atoms with van der Waals surface area (Å²) in [7, 11) is -3.82. The molecule has 0 amide bonds. The van der Waals surface area contributed by atoms with Crippen LogP contribution >= 0.6 is 0 Å². The molecular weight excluding hydrogens is 404 g/mol. The van der Waals surface area contributed by atoms with Gasteiger partial charge in [0.2, 0.25) is 21.7 Å². The second-order valence-corrected chi connectivity index (χ2v) is 9.35. The molecule has 3 rings (SSSR count). The lowest BCUT2D eigenvalue weighted by atomic mass is 10.1. The van der Waals surface area contributed by atoms with Gasteiger partial charge in [-0.2, -0.15) is 9.71 Å². The van der Waals surface area contributed by atoms with E-state index in [0.29, 0.717) is 17.1 Å². The number of pyridine rings is 1. The maximum atomic E-state index is 13.0. The lowest BCUT2D eigenvalue weighted by molar-refractivity contribution is 0.240. The summed E-state index contributed by atoms with van der Waals surface area (Å²) < 4.78 is 39.8. The van der Waals surface area contributed by atoms with Crippen LogP contribution in [0.2, 0.25) is 0 Å². The largest absolute Gasteiger partial charge is 0.491 e. The van der Waals surface area contributed by atoms with Crippen LogP contribution in [0.25, 0.3) is 11.4 Å². The van der Waals surface area contributed by atoms with Crippen LogP contribution in [0.1, 0.15) is 45.2 Å². The van der Waals surface area contributed by atoms with Crippen molar-refractivity contribution in [2.24, 2.45) is 5.92 Å². The number of aryl methyl sites for hydroxylation is 1. The Hall–Kier alpha value is -2.78. The molecule has 0 aliphatic rings. The molecule has 0 saturated carbocycles. The van der Waals surface area contributed by atoms with E-state index in [2.05, 4.69) is 19.8 Å². The highest BCUT2D eigenvalue weighted by Gasteiger charge is 2.29. The molecule has 2 heterocycles. The lowest BCUT2D eigenvalue weighted by Crippen LogP contribution is -2.32. The molecule has 2 aromatic heterocycles. The third kappa shape index (κ3) is 5.03. The summed E-state index contributed by atoms with van der Waals surface area (Å²) in [6.45, 7) is 9.42. The first-order valence-corrected chi connectivity index (χ1v) is 11.2. The van der Waals surface area contributed by atoms with Gasteiger partial charge in [-0.25, -0.2) is 8.42 Å². The molecule has 9 heteroatoms. The Morgan fingerprint density at radius 3 is 2.50 bits per heavy atom. The third-order valence-electron chi connectivity index (χ3n) is 4.40. The number of benzene rings is 1. The zero-order chi connectivity index (χ0) is 21.9. The van der Waals surface area contributed by atoms with E-state index in [1.807, 2.05) is 34.6 Å². The van der Waals surface area contributed by atoms with Gasteiger partial charge in [-0.3, -0.25) is 4.98 Å². The van der Waals surface area contributed by atoms with Crippen molar-refractivity contribution in [1.82, 2.24) is 19.8 Å². The Morgan fingerprint density at radius 1 is 1.13 bits per heavy atom. The highest BCUT2D eigenvalue weighted by molar-refractivity contribution is 7.89. The summed E-state index contributed by atoms with van der Waals surface area (Å²) in [5, 5.41) is 3.97. The predicted molar refractivity (Wildman–Crippen MR) is 112 cm³/mol. The number of aromatic nitrogens is 3. The van der Waals surface area contributed by atoms with E-state index in [0.717, 1.165) is 5.56 Å². The quantitative estimate of drug-likeness (QED) is 0.577. The Balaban J connectivity index is 1.86. The molecule has 30 heavy (non-hydrogen) atoms. The SMILES string of the molecule is Cc1cc(S(=O)(=O)NC(c2nc(-c3cccnc3)no2)C(C)C)ccc1OC(C)C. The van der Waals surface area contributed by atoms with Crippen LogP contribution in [0.5, 0.6) is 5.75 Å². The van der Waals surface area contributed by atoms with Gasteiger partial charge in [-0.05, 0) is 62.6 Å². The van der Waals surface area contributed by atoms with Crippen LogP contribution in [0, 0.1) is 12.8 Å². The molecule has 8 nitrogen and oxygen atoms in total. The van der Waals surface area contributed by atoms with Gasteiger partial charge in [0, 0.05) is 18.0 Å². The number of nitrogens with zero attached hydrogens (tertiary/aromatic N) is 3. The van der Waals surface area contributed by atoms with Crippen LogP contribution in [-0.2, 0) is 10.0 Å². The smallest absolute Gasteiger partial charge is 0.245 e. The lowest BCUT2D eigenvalue weighted by Gasteiger charge is -2.19. The fourth-order valence-corrected chi connectivity index (χ4v) is 4.28. The van der Waals surface area contributed by atoms with E-state index in [4.69, 9.17) is 9.26 Å². The molecule has 0 aliphatic heterocycles. The second-order valence-electron chi connectivity index (χ2n) is 7.63. The molecule has 1 aromatic carbocycles. The number of rotatable bonds is 8. The molecule has 0 bridgehead atoms. The summed E-state index contributed by atoms with van der Waals surface area (Å²) >= 11 is 0. The van der Waals surface area contributed by atoms with E-state index >= 15 is 0 Å². The maximum Gasteiger partial charge on any atom is 0.245 e. The van der Waals surface area contributed by atoms with Gasteiger partial charge in [-0.15, -0.1) is 0 Å². The first kappa shape index (κ1) is 21.9. The second kappa shape index (κ2) is 8.93. The van der Waals surface area contributed by atoms with E-state index in [1.54, 1.807) is 36.7 Å². The molecule has 0 spiro atoms. The first-order chi connectivity index (χ1) is 14.2. The average molecular weight is 431 g/mol. The molecule has 0 radical (unpaired) electrons. The van der Waals surface area contributed by atoms with Crippen molar-refractivity contribution in [3.8, 4) is 17.1 Å². The van der Waals surface area contributed by atoms with Crippen molar-refractivity contribution in [3.05, 3.63) is 54.2 Å². The van der Waals surface area contributed by atoms with Crippen LogP contribution in [0.15, 0.2) is 52.1 Å². The average Bonchev–Trinajstić information content (AvgIpc) is 3.17. The van der Waals surface area contributed by atoms with Gasteiger partial charge < -0.3 is 9.26 Å². The van der Waals surface area contributed by atoms with Crippen LogP contribution in [0.4, 0.5) is 0 Å². The van der Waals surface area contributed by atoms with Gasteiger partial charge >= 0.3 is 0 Å². The molecule has 1 N–H and O–H groups in total. The van der Waals surface area contributed by atoms with Crippen LogP contribution in [-0.4, -0.2) is 29.6 Å². The van der Waals surface area contributed by atoms with E-state index in [1.165, 1.54) is 6.07 Å². The summed E-state index contributed by atoms with van der Waals surface area (Å²) in [6, 6.07) is 7.68. The summed E-state index contributed by atoms with van der Waals surface area (Å²) in [4.78, 5) is 8.57. The minimum absolute atomic E-state index is 0.00106. The summed E-state index contributed by atoms with van der Waals surface area (Å²) in [6.07, 6.45) is 3.27. The summed E-state index contributed by atoms with van der Waals surface area (Å²) in [5.74, 6) is 1.09. The van der Waals surface area contributed by atoms with E-state index < -0.39 is 16.1 Å². The minimum Gasteiger partial charge on any atom is -0.491 e. The third-order valence-corrected chi connectivity index (χ3v) is 5.83. The van der Waals surface area contributed by atoms with Crippen molar-refractivity contribution in [1.29, 1.82) is 0 Å². The van der Waals surface area contributed by atoms with Gasteiger partial charge in [0.25, 0.3) is 0 Å². The molecule has 0 saturated heterocycles. The topological polar surface area (TPSA) is 107 Å². The maximum absolute atomic E-state index is 13.0. The van der Waals surface area contributed by atoms with Crippen molar-refractivity contribution in [2.75, 3.05) is 0 Å². The minimum atomic E-state index is -3.82. The van der Waals surface area contributed by atoms with Crippen molar-refractivity contribution in [2.45, 2.75) is 51.7 Å². The van der Waals surface area contributed by atoms with Gasteiger partial charge in [0.05, 0.1) is 11.0 Å². The normalized spacial score (nSPS) is 13.0. The molecule has 0 fully saturated rings. The monoisotopic (exact) mass is 430 g/mol.